The van der Waals surface area contributed by atoms with Crippen molar-refractivity contribution in [1.29, 1.82) is 0 Å². The molecular weight excluding hydrogens is 186 g/mol. The van der Waals surface area contributed by atoms with Crippen molar-refractivity contribution < 1.29 is 4.79 Å². The summed E-state index contributed by atoms with van der Waals surface area (Å²) in [4.78, 5) is 11.3. The largest absolute Gasteiger partial charge is 0.361 e. The highest BCUT2D eigenvalue weighted by atomic mass is 16.1. The van der Waals surface area contributed by atoms with Crippen LogP contribution in [0.25, 0.3) is 11.8 Å². The molecule has 0 aromatic heterocycles. The maximum atomic E-state index is 11.3. The molecular formula is C13H11NO. The van der Waals surface area contributed by atoms with Gasteiger partial charge in [0.1, 0.15) is 0 Å². The quantitative estimate of drug-likeness (QED) is 0.653. The zero-order valence-corrected chi connectivity index (χ0v) is 8.29. The van der Waals surface area contributed by atoms with Gasteiger partial charge in [-0.05, 0) is 22.4 Å². The summed E-state index contributed by atoms with van der Waals surface area (Å²) in [7, 11) is 0. The Morgan fingerprint density at radius 2 is 2.00 bits per heavy atom. The second kappa shape index (κ2) is 3.09. The van der Waals surface area contributed by atoms with Crippen LogP contribution in [-0.2, 0) is 4.79 Å². The van der Waals surface area contributed by atoms with Gasteiger partial charge in [-0.3, -0.25) is 4.79 Å². The highest BCUT2D eigenvalue weighted by molar-refractivity contribution is 5.97. The second-order valence-electron chi connectivity index (χ2n) is 3.88. The van der Waals surface area contributed by atoms with Crippen LogP contribution in [0, 0.1) is 0 Å². The van der Waals surface area contributed by atoms with Gasteiger partial charge in [0.05, 0.1) is 0 Å². The SMILES string of the molecule is O=C1C=C2NC=c3ccccc3=C2CC1. The number of hydrogen-bond acceptors (Lipinski definition) is 2. The maximum absolute atomic E-state index is 11.3. The molecule has 15 heavy (non-hydrogen) atoms. The summed E-state index contributed by atoms with van der Waals surface area (Å²) in [6.45, 7) is 0. The number of fused-ring (bicyclic) bond motifs is 2. The molecule has 0 bridgehead atoms. The normalized spacial score (nSPS) is 18.3. The minimum atomic E-state index is 0.217. The molecule has 0 atom stereocenters. The van der Waals surface area contributed by atoms with E-state index in [9.17, 15) is 4.79 Å². The monoisotopic (exact) mass is 197 g/mol. The van der Waals surface area contributed by atoms with Crippen molar-refractivity contribution in [3.63, 3.8) is 0 Å². The van der Waals surface area contributed by atoms with Gasteiger partial charge in [0.25, 0.3) is 0 Å². The van der Waals surface area contributed by atoms with Crippen LogP contribution in [0.4, 0.5) is 0 Å². The Morgan fingerprint density at radius 3 is 2.93 bits per heavy atom. The summed E-state index contributed by atoms with van der Waals surface area (Å²) in [5.74, 6) is 0.217. The average Bonchev–Trinajstić information content (AvgIpc) is 2.28. The van der Waals surface area contributed by atoms with E-state index in [2.05, 4.69) is 17.4 Å². The molecule has 2 heteroatoms. The van der Waals surface area contributed by atoms with Crippen LogP contribution in [0.15, 0.2) is 36.0 Å². The number of nitrogens with one attached hydrogen (secondary N) is 1. The predicted molar refractivity (Wildman–Crippen MR) is 59.0 cm³/mol. The van der Waals surface area contributed by atoms with E-state index in [0.29, 0.717) is 6.42 Å². The Labute approximate surface area is 87.6 Å². The van der Waals surface area contributed by atoms with E-state index in [1.54, 1.807) is 6.08 Å². The standard InChI is InChI=1S/C13H11NO/c15-10-5-6-12-11-4-2-1-3-9(11)8-14-13(12)7-10/h1-4,7-8,14H,5-6H2. The number of benzene rings is 1. The minimum absolute atomic E-state index is 0.217. The van der Waals surface area contributed by atoms with E-state index in [1.165, 1.54) is 16.0 Å². The number of carbonyl (C=O) groups excluding carboxylic acids is 1. The maximum Gasteiger partial charge on any atom is 0.158 e. The topological polar surface area (TPSA) is 29.1 Å². The summed E-state index contributed by atoms with van der Waals surface area (Å²) in [5, 5.41) is 5.65. The van der Waals surface area contributed by atoms with Crippen molar-refractivity contribution in [2.24, 2.45) is 0 Å². The molecule has 0 saturated heterocycles. The van der Waals surface area contributed by atoms with Gasteiger partial charge in [0, 0.05) is 24.4 Å². The smallest absolute Gasteiger partial charge is 0.158 e. The van der Waals surface area contributed by atoms with Gasteiger partial charge < -0.3 is 5.32 Å². The molecule has 2 aliphatic rings. The lowest BCUT2D eigenvalue weighted by Gasteiger charge is -2.19. The molecule has 0 spiro atoms. The Hall–Kier alpha value is -1.83. The van der Waals surface area contributed by atoms with Crippen LogP contribution in [0.2, 0.25) is 0 Å². The van der Waals surface area contributed by atoms with E-state index in [4.69, 9.17) is 0 Å². The number of hydrogen-bond donors (Lipinski definition) is 1. The third-order valence-corrected chi connectivity index (χ3v) is 2.92. The third-order valence-electron chi connectivity index (χ3n) is 2.92. The van der Waals surface area contributed by atoms with Crippen LogP contribution in [0.3, 0.4) is 0 Å². The van der Waals surface area contributed by atoms with Gasteiger partial charge in [-0.15, -0.1) is 0 Å². The van der Waals surface area contributed by atoms with Gasteiger partial charge in [0.2, 0.25) is 0 Å². The van der Waals surface area contributed by atoms with Crippen molar-refractivity contribution in [2.75, 3.05) is 0 Å². The number of allylic oxidation sites excluding steroid dienone is 2. The summed E-state index contributed by atoms with van der Waals surface area (Å²) in [6, 6.07) is 8.27. The zero-order valence-electron chi connectivity index (χ0n) is 8.29. The van der Waals surface area contributed by atoms with E-state index < -0.39 is 0 Å². The molecule has 74 valence electrons. The Balaban J connectivity index is 2.36. The lowest BCUT2D eigenvalue weighted by Crippen LogP contribution is -2.36. The van der Waals surface area contributed by atoms with E-state index in [1.807, 2.05) is 18.3 Å². The summed E-state index contributed by atoms with van der Waals surface area (Å²) in [6.07, 6.45) is 5.16. The van der Waals surface area contributed by atoms with Gasteiger partial charge in [0.15, 0.2) is 5.78 Å². The molecule has 0 saturated carbocycles. The van der Waals surface area contributed by atoms with Crippen molar-refractivity contribution in [3.8, 4) is 0 Å². The number of rotatable bonds is 0. The van der Waals surface area contributed by atoms with Crippen molar-refractivity contribution in [3.05, 3.63) is 46.5 Å². The molecule has 1 aliphatic heterocycles. The fraction of sp³-hybridized carbons (Fsp3) is 0.154. The van der Waals surface area contributed by atoms with Crippen LogP contribution < -0.4 is 15.8 Å². The van der Waals surface area contributed by atoms with E-state index in [-0.39, 0.29) is 5.78 Å². The molecule has 0 fully saturated rings. The first-order valence-corrected chi connectivity index (χ1v) is 5.14. The highest BCUT2D eigenvalue weighted by Gasteiger charge is 2.17. The molecule has 1 aliphatic carbocycles. The second-order valence-corrected chi connectivity index (χ2v) is 3.88. The molecule has 0 unspecified atom stereocenters. The average molecular weight is 197 g/mol. The van der Waals surface area contributed by atoms with Crippen LogP contribution in [0.1, 0.15) is 12.8 Å². The predicted octanol–water partition coefficient (Wildman–Crippen LogP) is 0.425. The first-order chi connectivity index (χ1) is 7.34. The van der Waals surface area contributed by atoms with Crippen LogP contribution in [0.5, 0.6) is 0 Å². The van der Waals surface area contributed by atoms with E-state index >= 15 is 0 Å². The van der Waals surface area contributed by atoms with Gasteiger partial charge in [-0.2, -0.15) is 0 Å². The Morgan fingerprint density at radius 1 is 1.13 bits per heavy atom. The van der Waals surface area contributed by atoms with Crippen molar-refractivity contribution >= 4 is 17.6 Å². The molecule has 3 rings (SSSR count). The molecule has 1 aromatic carbocycles. The number of carbonyl (C=O) groups is 1. The third kappa shape index (κ3) is 1.30. The van der Waals surface area contributed by atoms with E-state index in [0.717, 1.165) is 12.1 Å². The van der Waals surface area contributed by atoms with Crippen LogP contribution in [-0.4, -0.2) is 5.78 Å². The lowest BCUT2D eigenvalue weighted by molar-refractivity contribution is -0.114. The summed E-state index contributed by atoms with van der Waals surface area (Å²) < 4.78 is 0. The first-order valence-electron chi connectivity index (χ1n) is 5.14. The van der Waals surface area contributed by atoms with Crippen molar-refractivity contribution in [1.82, 2.24) is 5.32 Å². The molecule has 2 nitrogen and oxygen atoms in total. The van der Waals surface area contributed by atoms with Crippen LogP contribution >= 0.6 is 0 Å². The number of ketones is 1. The fourth-order valence-corrected chi connectivity index (χ4v) is 2.16. The van der Waals surface area contributed by atoms with Crippen molar-refractivity contribution in [2.45, 2.75) is 12.8 Å². The van der Waals surface area contributed by atoms with Gasteiger partial charge in [-0.25, -0.2) is 0 Å². The molecule has 1 N–H and O–H groups in total. The molecule has 0 amide bonds. The Bertz CT molecular complexity index is 581. The fourth-order valence-electron chi connectivity index (χ4n) is 2.16. The van der Waals surface area contributed by atoms with Gasteiger partial charge >= 0.3 is 0 Å². The lowest BCUT2D eigenvalue weighted by atomic mass is 9.93. The summed E-state index contributed by atoms with van der Waals surface area (Å²) >= 11 is 0. The first kappa shape index (κ1) is 8.48. The minimum Gasteiger partial charge on any atom is -0.361 e. The zero-order chi connectivity index (χ0) is 10.3. The van der Waals surface area contributed by atoms with Gasteiger partial charge in [-0.1, -0.05) is 24.3 Å². The molecule has 0 radical (unpaired) electrons. The molecule has 1 heterocycles. The summed E-state index contributed by atoms with van der Waals surface area (Å²) in [5.41, 5.74) is 2.25. The highest BCUT2D eigenvalue weighted by Crippen LogP contribution is 2.20. The Kier molecular flexibility index (Phi) is 1.75. The molecule has 1 aromatic rings.